The molecule has 0 saturated carbocycles. The minimum atomic E-state index is -0.157. The van der Waals surface area contributed by atoms with Gasteiger partial charge in [-0.1, -0.05) is 19.4 Å². The van der Waals surface area contributed by atoms with Gasteiger partial charge in [0.1, 0.15) is 0 Å². The Morgan fingerprint density at radius 2 is 1.83 bits per heavy atom. The third-order valence-corrected chi connectivity index (χ3v) is 6.66. The van der Waals surface area contributed by atoms with E-state index in [0.29, 0.717) is 12.7 Å². The number of carbonyl (C=O) groups excluding carboxylic acids is 1. The van der Waals surface area contributed by atoms with Crippen molar-refractivity contribution in [2.24, 2.45) is 0 Å². The third-order valence-electron chi connectivity index (χ3n) is 6.66. The van der Waals surface area contributed by atoms with Gasteiger partial charge in [0.15, 0.2) is 0 Å². The molecule has 0 atom stereocenters. The van der Waals surface area contributed by atoms with Gasteiger partial charge in [0, 0.05) is 44.1 Å². The molecule has 2 saturated heterocycles. The lowest BCUT2D eigenvalue weighted by molar-refractivity contribution is -0.0496. The third kappa shape index (κ3) is 5.20. The quantitative estimate of drug-likeness (QED) is 0.697. The monoisotopic (exact) mass is 415 g/mol. The zero-order chi connectivity index (χ0) is 20.8. The average molecular weight is 416 g/mol. The predicted molar refractivity (Wildman–Crippen MR) is 120 cm³/mol. The summed E-state index contributed by atoms with van der Waals surface area (Å²) in [4.78, 5) is 16.5. The van der Waals surface area contributed by atoms with Crippen molar-refractivity contribution in [3.05, 3.63) is 23.8 Å². The Labute approximate surface area is 180 Å². The standard InChI is InChI=1S/C24H37N3O3/c1-2-3-18-29-24(28)27-16-11-20(12-17-27)30-19-9-14-26(15-10-19)23-8-4-7-22-21(23)6-5-13-25-22/h4,7-8,19-20,25H,2-3,5-6,9-18H2,1H3. The molecule has 166 valence electrons. The molecular formula is C24H37N3O3. The number of benzene rings is 1. The molecule has 1 aromatic carbocycles. The van der Waals surface area contributed by atoms with E-state index in [9.17, 15) is 4.79 Å². The molecule has 1 N–H and O–H groups in total. The van der Waals surface area contributed by atoms with Crippen molar-refractivity contribution < 1.29 is 14.3 Å². The Kier molecular flexibility index (Phi) is 7.37. The SMILES string of the molecule is CCCCOC(=O)N1CCC(OC2CCN(c3cccc4c3CCCN4)CC2)CC1. The number of likely N-dealkylation sites (tertiary alicyclic amines) is 1. The minimum absolute atomic E-state index is 0.157. The maximum atomic E-state index is 12.1. The van der Waals surface area contributed by atoms with Crippen LogP contribution in [-0.4, -0.2) is 62.5 Å². The number of hydrogen-bond acceptors (Lipinski definition) is 5. The molecule has 2 fully saturated rings. The van der Waals surface area contributed by atoms with Crippen molar-refractivity contribution in [2.45, 2.75) is 70.5 Å². The van der Waals surface area contributed by atoms with Crippen LogP contribution in [0.5, 0.6) is 0 Å². The second kappa shape index (κ2) is 10.4. The number of unbranched alkanes of at least 4 members (excludes halogenated alkanes) is 1. The van der Waals surface area contributed by atoms with Crippen LogP contribution >= 0.6 is 0 Å². The molecule has 0 aromatic heterocycles. The first-order valence-electron chi connectivity index (χ1n) is 11.9. The molecule has 0 spiro atoms. The van der Waals surface area contributed by atoms with E-state index in [2.05, 4.69) is 35.3 Å². The Balaban J connectivity index is 1.20. The molecule has 3 aliphatic rings. The second-order valence-corrected chi connectivity index (χ2v) is 8.81. The summed E-state index contributed by atoms with van der Waals surface area (Å²) in [6.07, 6.45) is 8.83. The van der Waals surface area contributed by atoms with Gasteiger partial charge in [0.05, 0.1) is 18.8 Å². The minimum Gasteiger partial charge on any atom is -0.449 e. The Hall–Kier alpha value is -1.95. The molecule has 0 bridgehead atoms. The van der Waals surface area contributed by atoms with Crippen LogP contribution in [0.1, 0.15) is 57.4 Å². The van der Waals surface area contributed by atoms with Crippen LogP contribution in [0.4, 0.5) is 16.2 Å². The molecule has 0 unspecified atom stereocenters. The number of nitrogens with one attached hydrogen (secondary N) is 1. The smallest absolute Gasteiger partial charge is 0.409 e. The first-order chi connectivity index (χ1) is 14.7. The van der Waals surface area contributed by atoms with Gasteiger partial charge in [-0.2, -0.15) is 0 Å². The van der Waals surface area contributed by atoms with Crippen LogP contribution in [0.25, 0.3) is 0 Å². The molecule has 6 heteroatoms. The topological polar surface area (TPSA) is 54.0 Å². The Bertz CT molecular complexity index is 695. The van der Waals surface area contributed by atoms with Crippen molar-refractivity contribution in [2.75, 3.05) is 49.5 Å². The summed E-state index contributed by atoms with van der Waals surface area (Å²) < 4.78 is 11.8. The largest absolute Gasteiger partial charge is 0.449 e. The average Bonchev–Trinajstić information content (AvgIpc) is 2.80. The van der Waals surface area contributed by atoms with E-state index in [1.807, 2.05) is 4.90 Å². The summed E-state index contributed by atoms with van der Waals surface area (Å²) in [6, 6.07) is 6.66. The molecule has 1 amide bonds. The molecule has 3 heterocycles. The predicted octanol–water partition coefficient (Wildman–Crippen LogP) is 4.43. The van der Waals surface area contributed by atoms with E-state index >= 15 is 0 Å². The second-order valence-electron chi connectivity index (χ2n) is 8.81. The molecule has 1 aromatic rings. The van der Waals surface area contributed by atoms with Crippen molar-refractivity contribution >= 4 is 17.5 Å². The van der Waals surface area contributed by atoms with Gasteiger partial charge in [0.2, 0.25) is 0 Å². The molecule has 3 aliphatic heterocycles. The fourth-order valence-electron chi connectivity index (χ4n) is 4.86. The number of amides is 1. The number of anilines is 2. The highest BCUT2D eigenvalue weighted by Gasteiger charge is 2.29. The fourth-order valence-corrected chi connectivity index (χ4v) is 4.86. The highest BCUT2D eigenvalue weighted by Crippen LogP contribution is 2.33. The van der Waals surface area contributed by atoms with Crippen molar-refractivity contribution in [1.82, 2.24) is 4.90 Å². The molecule has 0 radical (unpaired) electrons. The molecular weight excluding hydrogens is 378 g/mol. The number of rotatable bonds is 6. The highest BCUT2D eigenvalue weighted by molar-refractivity contribution is 5.68. The summed E-state index contributed by atoms with van der Waals surface area (Å²) >= 11 is 0. The van der Waals surface area contributed by atoms with E-state index in [4.69, 9.17) is 9.47 Å². The van der Waals surface area contributed by atoms with Crippen LogP contribution in [-0.2, 0) is 15.9 Å². The first kappa shape index (κ1) is 21.3. The van der Waals surface area contributed by atoms with E-state index in [-0.39, 0.29) is 12.2 Å². The Morgan fingerprint density at radius 3 is 2.57 bits per heavy atom. The Morgan fingerprint density at radius 1 is 1.10 bits per heavy atom. The zero-order valence-corrected chi connectivity index (χ0v) is 18.4. The van der Waals surface area contributed by atoms with E-state index in [1.165, 1.54) is 29.8 Å². The van der Waals surface area contributed by atoms with E-state index in [1.54, 1.807) is 0 Å². The summed E-state index contributed by atoms with van der Waals surface area (Å²) in [5.41, 5.74) is 4.21. The zero-order valence-electron chi connectivity index (χ0n) is 18.4. The lowest BCUT2D eigenvalue weighted by atomic mass is 9.98. The van der Waals surface area contributed by atoms with Gasteiger partial charge in [-0.05, 0) is 62.6 Å². The highest BCUT2D eigenvalue weighted by atomic mass is 16.6. The summed E-state index contributed by atoms with van der Waals surface area (Å²) in [5, 5.41) is 3.54. The van der Waals surface area contributed by atoms with Gasteiger partial charge < -0.3 is 24.6 Å². The summed E-state index contributed by atoms with van der Waals surface area (Å²) in [6.45, 7) is 7.33. The van der Waals surface area contributed by atoms with E-state index < -0.39 is 0 Å². The molecule has 6 nitrogen and oxygen atoms in total. The maximum absolute atomic E-state index is 12.1. The number of nitrogens with zero attached hydrogens (tertiary/aromatic N) is 2. The van der Waals surface area contributed by atoms with Gasteiger partial charge in [0.25, 0.3) is 0 Å². The summed E-state index contributed by atoms with van der Waals surface area (Å²) in [7, 11) is 0. The van der Waals surface area contributed by atoms with Gasteiger partial charge in [-0.25, -0.2) is 4.79 Å². The van der Waals surface area contributed by atoms with Gasteiger partial charge >= 0.3 is 6.09 Å². The van der Waals surface area contributed by atoms with Crippen LogP contribution in [0.2, 0.25) is 0 Å². The van der Waals surface area contributed by atoms with Crippen LogP contribution in [0, 0.1) is 0 Å². The first-order valence-corrected chi connectivity index (χ1v) is 11.9. The van der Waals surface area contributed by atoms with Crippen LogP contribution in [0.15, 0.2) is 18.2 Å². The van der Waals surface area contributed by atoms with E-state index in [0.717, 1.165) is 71.2 Å². The van der Waals surface area contributed by atoms with Gasteiger partial charge in [-0.15, -0.1) is 0 Å². The van der Waals surface area contributed by atoms with Gasteiger partial charge in [-0.3, -0.25) is 0 Å². The number of carbonyl (C=O) groups is 1. The number of hydrogen-bond donors (Lipinski definition) is 1. The number of piperidine rings is 2. The maximum Gasteiger partial charge on any atom is 0.409 e. The number of fused-ring (bicyclic) bond motifs is 1. The lowest BCUT2D eigenvalue weighted by Gasteiger charge is -2.38. The lowest BCUT2D eigenvalue weighted by Crippen LogP contribution is -2.44. The van der Waals surface area contributed by atoms with Crippen molar-refractivity contribution in [3.8, 4) is 0 Å². The normalized spacial score (nSPS) is 20.6. The van der Waals surface area contributed by atoms with Crippen molar-refractivity contribution in [1.29, 1.82) is 0 Å². The molecule has 4 rings (SSSR count). The molecule has 30 heavy (non-hydrogen) atoms. The van der Waals surface area contributed by atoms with Crippen molar-refractivity contribution in [3.63, 3.8) is 0 Å². The van der Waals surface area contributed by atoms with Crippen LogP contribution < -0.4 is 10.2 Å². The molecule has 0 aliphatic carbocycles. The summed E-state index contributed by atoms with van der Waals surface area (Å²) in [5.74, 6) is 0. The number of ether oxygens (including phenoxy) is 2. The van der Waals surface area contributed by atoms with Crippen LogP contribution in [0.3, 0.4) is 0 Å². The fraction of sp³-hybridized carbons (Fsp3) is 0.708.